The molecule has 0 aromatic heterocycles. The fraction of sp³-hybridized carbons (Fsp3) is 0.632. The summed E-state index contributed by atoms with van der Waals surface area (Å²) in [6, 6.07) is 9.70. The molecule has 1 spiro atoms. The van der Waals surface area contributed by atoms with Gasteiger partial charge in [0, 0.05) is 30.5 Å². The van der Waals surface area contributed by atoms with Gasteiger partial charge < -0.3 is 20.5 Å². The third-order valence-corrected chi connectivity index (χ3v) is 6.21. The number of urea groups is 1. The van der Waals surface area contributed by atoms with Crippen molar-refractivity contribution >= 4 is 6.03 Å². The molecule has 5 nitrogen and oxygen atoms in total. The van der Waals surface area contributed by atoms with Gasteiger partial charge in [-0.2, -0.15) is 0 Å². The Labute approximate surface area is 142 Å². The zero-order valence-electron chi connectivity index (χ0n) is 13.9. The first-order valence-electron chi connectivity index (χ1n) is 9.10. The molecule has 2 aliphatic carbocycles. The molecule has 4 unspecified atom stereocenters. The van der Waals surface area contributed by atoms with Crippen LogP contribution in [0.1, 0.15) is 43.8 Å². The lowest BCUT2D eigenvalue weighted by atomic mass is 9.46. The second-order valence-corrected chi connectivity index (χ2v) is 7.42. The summed E-state index contributed by atoms with van der Waals surface area (Å²) in [6.07, 6.45) is 5.00. The van der Waals surface area contributed by atoms with Gasteiger partial charge in [0.25, 0.3) is 0 Å². The number of aliphatic hydroxyl groups excluding tert-OH is 1. The maximum absolute atomic E-state index is 12.2. The van der Waals surface area contributed by atoms with Crippen molar-refractivity contribution in [3.63, 3.8) is 0 Å². The van der Waals surface area contributed by atoms with Crippen LogP contribution in [0, 0.1) is 11.3 Å². The summed E-state index contributed by atoms with van der Waals surface area (Å²) in [5, 5.41) is 16.2. The van der Waals surface area contributed by atoms with Crippen molar-refractivity contribution in [2.75, 3.05) is 13.2 Å². The Kier molecular flexibility index (Phi) is 4.22. The Morgan fingerprint density at radius 3 is 2.83 bits per heavy atom. The van der Waals surface area contributed by atoms with Crippen LogP contribution in [-0.2, 0) is 4.74 Å². The van der Waals surface area contributed by atoms with Gasteiger partial charge in [0.15, 0.2) is 0 Å². The fourth-order valence-electron chi connectivity index (χ4n) is 4.81. The van der Waals surface area contributed by atoms with Gasteiger partial charge in [0.2, 0.25) is 0 Å². The second-order valence-electron chi connectivity index (χ2n) is 7.42. The van der Waals surface area contributed by atoms with E-state index in [0.29, 0.717) is 25.0 Å². The van der Waals surface area contributed by atoms with Crippen LogP contribution in [-0.4, -0.2) is 36.4 Å². The van der Waals surface area contributed by atoms with E-state index in [-0.39, 0.29) is 17.5 Å². The molecule has 130 valence electrons. The number of benzene rings is 1. The SMILES string of the molecule is O=C(NCCC(O)c1ccccc1)NC1C2CCOC2C12CCC2. The van der Waals surface area contributed by atoms with Crippen LogP contribution in [0.25, 0.3) is 0 Å². The molecule has 3 aliphatic rings. The molecule has 4 rings (SSSR count). The maximum atomic E-state index is 12.2. The highest BCUT2D eigenvalue weighted by Crippen LogP contribution is 2.62. The summed E-state index contributed by atoms with van der Waals surface area (Å²) in [7, 11) is 0. The first-order chi connectivity index (χ1) is 11.7. The lowest BCUT2D eigenvalue weighted by Gasteiger charge is -2.63. The summed E-state index contributed by atoms with van der Waals surface area (Å²) >= 11 is 0. The van der Waals surface area contributed by atoms with Gasteiger partial charge in [0.1, 0.15) is 0 Å². The highest BCUT2D eigenvalue weighted by molar-refractivity contribution is 5.74. The molecule has 24 heavy (non-hydrogen) atoms. The van der Waals surface area contributed by atoms with E-state index < -0.39 is 6.10 Å². The van der Waals surface area contributed by atoms with Crippen molar-refractivity contribution in [3.05, 3.63) is 35.9 Å². The lowest BCUT2D eigenvalue weighted by molar-refractivity contribution is -0.172. The summed E-state index contributed by atoms with van der Waals surface area (Å²) in [5.41, 5.74) is 1.10. The lowest BCUT2D eigenvalue weighted by Crippen LogP contribution is -2.72. The number of carbonyl (C=O) groups is 1. The Hall–Kier alpha value is -1.59. The van der Waals surface area contributed by atoms with Crippen LogP contribution >= 0.6 is 0 Å². The van der Waals surface area contributed by atoms with Crippen LogP contribution in [0.15, 0.2) is 30.3 Å². The van der Waals surface area contributed by atoms with E-state index in [9.17, 15) is 9.90 Å². The van der Waals surface area contributed by atoms with E-state index in [1.54, 1.807) is 0 Å². The molecule has 3 fully saturated rings. The number of hydrogen-bond acceptors (Lipinski definition) is 3. The third kappa shape index (κ3) is 2.60. The predicted molar refractivity (Wildman–Crippen MR) is 90.5 cm³/mol. The molecule has 4 atom stereocenters. The van der Waals surface area contributed by atoms with Crippen LogP contribution in [0.5, 0.6) is 0 Å². The van der Waals surface area contributed by atoms with Gasteiger partial charge >= 0.3 is 6.03 Å². The van der Waals surface area contributed by atoms with Gasteiger partial charge in [-0.3, -0.25) is 0 Å². The van der Waals surface area contributed by atoms with E-state index in [2.05, 4.69) is 10.6 Å². The molecule has 1 heterocycles. The highest BCUT2D eigenvalue weighted by Gasteiger charge is 2.66. The molecular formula is C19H26N2O3. The van der Waals surface area contributed by atoms with E-state index in [0.717, 1.165) is 18.6 Å². The molecule has 1 aliphatic heterocycles. The Morgan fingerprint density at radius 1 is 1.33 bits per heavy atom. The number of nitrogens with one attached hydrogen (secondary N) is 2. The number of carbonyl (C=O) groups excluding carboxylic acids is 1. The summed E-state index contributed by atoms with van der Waals surface area (Å²) in [4.78, 5) is 12.2. The number of hydrogen-bond donors (Lipinski definition) is 3. The average Bonchev–Trinajstić information content (AvgIpc) is 2.97. The quantitative estimate of drug-likeness (QED) is 0.776. The molecule has 3 N–H and O–H groups in total. The van der Waals surface area contributed by atoms with Crippen LogP contribution in [0.3, 0.4) is 0 Å². The summed E-state index contributed by atoms with van der Waals surface area (Å²) in [6.45, 7) is 1.30. The van der Waals surface area contributed by atoms with Gasteiger partial charge in [-0.05, 0) is 31.2 Å². The van der Waals surface area contributed by atoms with Crippen molar-refractivity contribution in [3.8, 4) is 0 Å². The monoisotopic (exact) mass is 330 g/mol. The van der Waals surface area contributed by atoms with Crippen molar-refractivity contribution in [2.45, 2.75) is 50.4 Å². The average molecular weight is 330 g/mol. The minimum atomic E-state index is -0.541. The topological polar surface area (TPSA) is 70.6 Å². The molecule has 0 bridgehead atoms. The normalized spacial score (nSPS) is 30.8. The predicted octanol–water partition coefficient (Wildman–Crippen LogP) is 2.37. The van der Waals surface area contributed by atoms with Crippen LogP contribution < -0.4 is 10.6 Å². The van der Waals surface area contributed by atoms with Gasteiger partial charge in [-0.15, -0.1) is 0 Å². The Balaban J connectivity index is 1.24. The molecule has 1 aromatic rings. The largest absolute Gasteiger partial charge is 0.388 e. The smallest absolute Gasteiger partial charge is 0.315 e. The third-order valence-electron chi connectivity index (χ3n) is 6.21. The van der Waals surface area contributed by atoms with Crippen LogP contribution in [0.4, 0.5) is 4.79 Å². The van der Waals surface area contributed by atoms with Gasteiger partial charge in [0.05, 0.1) is 12.2 Å². The Bertz CT molecular complexity index is 588. The second kappa shape index (κ2) is 6.37. The first kappa shape index (κ1) is 15.9. The molecular weight excluding hydrogens is 304 g/mol. The number of fused-ring (bicyclic) bond motifs is 2. The van der Waals surface area contributed by atoms with Crippen molar-refractivity contribution in [1.82, 2.24) is 10.6 Å². The van der Waals surface area contributed by atoms with Crippen molar-refractivity contribution in [1.29, 1.82) is 0 Å². The van der Waals surface area contributed by atoms with Crippen molar-refractivity contribution < 1.29 is 14.6 Å². The first-order valence-corrected chi connectivity index (χ1v) is 9.10. The molecule has 1 aromatic carbocycles. The zero-order valence-corrected chi connectivity index (χ0v) is 13.9. The van der Waals surface area contributed by atoms with Crippen LogP contribution in [0.2, 0.25) is 0 Å². The van der Waals surface area contributed by atoms with Gasteiger partial charge in [-0.25, -0.2) is 4.79 Å². The maximum Gasteiger partial charge on any atom is 0.315 e. The van der Waals surface area contributed by atoms with E-state index >= 15 is 0 Å². The standard InChI is InChI=1S/C19H26N2O3/c22-15(13-5-2-1-3-6-13)7-11-20-18(23)21-16-14-8-12-24-17(14)19(16)9-4-10-19/h1-3,5-6,14-17,22H,4,7-12H2,(H2,20,21,23). The Morgan fingerprint density at radius 2 is 2.12 bits per heavy atom. The van der Waals surface area contributed by atoms with E-state index in [1.807, 2.05) is 30.3 Å². The highest BCUT2D eigenvalue weighted by atomic mass is 16.5. The van der Waals surface area contributed by atoms with E-state index in [1.165, 1.54) is 19.3 Å². The zero-order chi connectivity index (χ0) is 16.6. The summed E-state index contributed by atoms with van der Waals surface area (Å²) in [5.74, 6) is 0.492. The summed E-state index contributed by atoms with van der Waals surface area (Å²) < 4.78 is 5.88. The number of aliphatic hydroxyl groups is 1. The van der Waals surface area contributed by atoms with Crippen molar-refractivity contribution in [2.24, 2.45) is 11.3 Å². The molecule has 2 amide bonds. The number of ether oxygens (including phenoxy) is 1. The molecule has 5 heteroatoms. The number of amides is 2. The molecule has 0 radical (unpaired) electrons. The molecule has 1 saturated heterocycles. The molecule has 2 saturated carbocycles. The van der Waals surface area contributed by atoms with Gasteiger partial charge in [-0.1, -0.05) is 36.8 Å². The minimum Gasteiger partial charge on any atom is -0.388 e. The van der Waals surface area contributed by atoms with E-state index in [4.69, 9.17) is 4.74 Å². The fourth-order valence-corrected chi connectivity index (χ4v) is 4.81. The minimum absolute atomic E-state index is 0.114. The number of rotatable bonds is 5.